The van der Waals surface area contributed by atoms with Crippen molar-refractivity contribution in [3.63, 3.8) is 0 Å². The number of ether oxygens (including phenoxy) is 1. The quantitative estimate of drug-likeness (QED) is 0.907. The van der Waals surface area contributed by atoms with Crippen LogP contribution in [0.2, 0.25) is 0 Å². The zero-order valence-electron chi connectivity index (χ0n) is 11.6. The number of rotatable bonds is 2. The molecule has 0 fully saturated rings. The van der Waals surface area contributed by atoms with Crippen molar-refractivity contribution < 1.29 is 14.2 Å². The minimum atomic E-state index is -0.747. The van der Waals surface area contributed by atoms with Gasteiger partial charge in [0.05, 0.1) is 0 Å². The zero-order valence-corrected chi connectivity index (χ0v) is 11.6. The van der Waals surface area contributed by atoms with Crippen molar-refractivity contribution in [1.82, 2.24) is 0 Å². The van der Waals surface area contributed by atoms with Gasteiger partial charge in [-0.25, -0.2) is 4.39 Å². The van der Waals surface area contributed by atoms with Crippen molar-refractivity contribution in [2.75, 3.05) is 0 Å². The van der Waals surface area contributed by atoms with Gasteiger partial charge in [-0.15, -0.1) is 0 Å². The van der Waals surface area contributed by atoms with Gasteiger partial charge in [-0.1, -0.05) is 18.2 Å². The Balaban J connectivity index is 1.90. The van der Waals surface area contributed by atoms with Gasteiger partial charge in [-0.05, 0) is 54.3 Å². The molecule has 2 nitrogen and oxygen atoms in total. The highest BCUT2D eigenvalue weighted by atomic mass is 19.1. The molecule has 1 aliphatic heterocycles. The molecule has 0 bridgehead atoms. The summed E-state index contributed by atoms with van der Waals surface area (Å²) >= 11 is 0. The third-order valence-corrected chi connectivity index (χ3v) is 3.88. The number of para-hydroxylation sites is 1. The van der Waals surface area contributed by atoms with E-state index in [-0.39, 0.29) is 11.9 Å². The molecule has 0 aliphatic carbocycles. The molecule has 2 aromatic carbocycles. The van der Waals surface area contributed by atoms with E-state index in [1.165, 1.54) is 12.1 Å². The number of aliphatic hydroxyl groups excluding tert-OH is 1. The predicted octanol–water partition coefficient (Wildman–Crippen LogP) is 3.48. The average Bonchev–Trinajstić information content (AvgIpc) is 2.81. The van der Waals surface area contributed by atoms with E-state index in [1.807, 2.05) is 38.1 Å². The van der Waals surface area contributed by atoms with Gasteiger partial charge in [-0.2, -0.15) is 0 Å². The van der Waals surface area contributed by atoms with Gasteiger partial charge in [0.2, 0.25) is 0 Å². The lowest BCUT2D eigenvalue weighted by molar-refractivity contribution is 0.0483. The third-order valence-electron chi connectivity index (χ3n) is 3.88. The maximum Gasteiger partial charge on any atom is 0.133 e. The average molecular weight is 272 g/mol. The maximum atomic E-state index is 13.4. The second-order valence-electron chi connectivity index (χ2n) is 5.37. The fourth-order valence-electron chi connectivity index (χ4n) is 2.96. The minimum Gasteiger partial charge on any atom is -0.487 e. The number of aryl methyl sites for hydroxylation is 2. The molecule has 0 aromatic heterocycles. The van der Waals surface area contributed by atoms with Crippen LogP contribution in [0.25, 0.3) is 0 Å². The van der Waals surface area contributed by atoms with Gasteiger partial charge in [0.15, 0.2) is 0 Å². The molecule has 0 spiro atoms. The Morgan fingerprint density at radius 2 is 1.85 bits per heavy atom. The molecule has 1 aliphatic rings. The lowest BCUT2D eigenvalue weighted by atomic mass is 9.93. The molecule has 3 rings (SSSR count). The lowest BCUT2D eigenvalue weighted by Crippen LogP contribution is -2.24. The largest absolute Gasteiger partial charge is 0.487 e. The highest BCUT2D eigenvalue weighted by Crippen LogP contribution is 2.36. The summed E-state index contributed by atoms with van der Waals surface area (Å²) in [5.74, 6) is 0.556. The number of aliphatic hydroxyl groups is 1. The van der Waals surface area contributed by atoms with Gasteiger partial charge in [0.1, 0.15) is 23.8 Å². The molecule has 0 saturated carbocycles. The Kier molecular flexibility index (Phi) is 3.22. The van der Waals surface area contributed by atoms with E-state index in [0.29, 0.717) is 6.42 Å². The molecule has 2 aromatic rings. The van der Waals surface area contributed by atoms with Crippen LogP contribution in [-0.4, -0.2) is 11.2 Å². The molecule has 1 N–H and O–H groups in total. The van der Waals surface area contributed by atoms with Crippen LogP contribution in [0.5, 0.6) is 5.75 Å². The highest BCUT2D eigenvalue weighted by Gasteiger charge is 2.31. The zero-order chi connectivity index (χ0) is 14.3. The summed E-state index contributed by atoms with van der Waals surface area (Å²) in [6.07, 6.45) is -0.383. The Bertz CT molecular complexity index is 603. The molecule has 0 amide bonds. The van der Waals surface area contributed by atoms with Crippen LogP contribution >= 0.6 is 0 Å². The summed E-state index contributed by atoms with van der Waals surface area (Å²) in [7, 11) is 0. The molecule has 2 unspecified atom stereocenters. The van der Waals surface area contributed by atoms with E-state index in [2.05, 4.69) is 0 Å². The van der Waals surface area contributed by atoms with Gasteiger partial charge in [0.25, 0.3) is 0 Å². The Labute approximate surface area is 117 Å². The van der Waals surface area contributed by atoms with E-state index < -0.39 is 6.10 Å². The van der Waals surface area contributed by atoms with Crippen LogP contribution in [0.1, 0.15) is 28.4 Å². The highest BCUT2D eigenvalue weighted by molar-refractivity contribution is 5.41. The van der Waals surface area contributed by atoms with Crippen LogP contribution in [0, 0.1) is 19.7 Å². The summed E-state index contributed by atoms with van der Waals surface area (Å²) in [5, 5.41) is 10.6. The van der Waals surface area contributed by atoms with Gasteiger partial charge >= 0.3 is 0 Å². The topological polar surface area (TPSA) is 29.5 Å². The predicted molar refractivity (Wildman–Crippen MR) is 75.4 cm³/mol. The summed E-state index contributed by atoms with van der Waals surface area (Å²) in [6.45, 7) is 3.63. The van der Waals surface area contributed by atoms with E-state index in [9.17, 15) is 9.50 Å². The number of halogens is 1. The van der Waals surface area contributed by atoms with Crippen LogP contribution in [0.3, 0.4) is 0 Å². The monoisotopic (exact) mass is 272 g/mol. The number of hydrogen-bond acceptors (Lipinski definition) is 2. The second-order valence-corrected chi connectivity index (χ2v) is 5.37. The van der Waals surface area contributed by atoms with E-state index in [4.69, 9.17) is 4.74 Å². The number of benzene rings is 2. The molecule has 1 heterocycles. The van der Waals surface area contributed by atoms with Crippen LogP contribution in [0.15, 0.2) is 36.4 Å². The fraction of sp³-hybridized carbons (Fsp3) is 0.294. The first-order valence-electron chi connectivity index (χ1n) is 6.75. The van der Waals surface area contributed by atoms with Crippen LogP contribution in [-0.2, 0) is 6.42 Å². The van der Waals surface area contributed by atoms with Crippen molar-refractivity contribution in [3.05, 3.63) is 64.5 Å². The van der Waals surface area contributed by atoms with Crippen LogP contribution < -0.4 is 4.74 Å². The lowest BCUT2D eigenvalue weighted by Gasteiger charge is -2.22. The summed E-state index contributed by atoms with van der Waals surface area (Å²) in [4.78, 5) is 0. The molecular weight excluding hydrogens is 255 g/mol. The number of fused-ring (bicyclic) bond motifs is 1. The summed E-state index contributed by atoms with van der Waals surface area (Å²) in [5.41, 5.74) is 3.39. The van der Waals surface area contributed by atoms with Crippen molar-refractivity contribution in [3.8, 4) is 5.75 Å². The summed E-state index contributed by atoms with van der Waals surface area (Å²) < 4.78 is 19.2. The van der Waals surface area contributed by atoms with E-state index in [1.54, 1.807) is 0 Å². The molecule has 2 atom stereocenters. The van der Waals surface area contributed by atoms with Gasteiger partial charge in [0, 0.05) is 6.42 Å². The number of hydrogen-bond donors (Lipinski definition) is 1. The van der Waals surface area contributed by atoms with Gasteiger partial charge in [-0.3, -0.25) is 0 Å². The summed E-state index contributed by atoms with van der Waals surface area (Å²) in [6, 6.07) is 10.7. The van der Waals surface area contributed by atoms with E-state index in [0.717, 1.165) is 28.0 Å². The fourth-order valence-corrected chi connectivity index (χ4v) is 2.96. The van der Waals surface area contributed by atoms with Crippen molar-refractivity contribution in [2.24, 2.45) is 0 Å². The normalized spacial score (nSPS) is 18.5. The van der Waals surface area contributed by atoms with Crippen LogP contribution in [0.4, 0.5) is 4.39 Å². The molecule has 0 saturated heterocycles. The first kappa shape index (κ1) is 13.1. The minimum absolute atomic E-state index is 0.272. The van der Waals surface area contributed by atoms with Crippen molar-refractivity contribution >= 4 is 0 Å². The first-order chi connectivity index (χ1) is 9.56. The Hall–Kier alpha value is -1.87. The Morgan fingerprint density at radius 3 is 2.50 bits per heavy atom. The molecule has 3 heteroatoms. The van der Waals surface area contributed by atoms with E-state index >= 15 is 0 Å². The molecule has 20 heavy (non-hydrogen) atoms. The SMILES string of the molecule is Cc1cc(F)cc(C)c1C(O)C1Cc2ccccc2O1. The molecule has 104 valence electrons. The first-order valence-corrected chi connectivity index (χ1v) is 6.75. The third kappa shape index (κ3) is 2.18. The van der Waals surface area contributed by atoms with Gasteiger partial charge < -0.3 is 9.84 Å². The second kappa shape index (κ2) is 4.91. The van der Waals surface area contributed by atoms with Crippen molar-refractivity contribution in [2.45, 2.75) is 32.5 Å². The smallest absolute Gasteiger partial charge is 0.133 e. The maximum absolute atomic E-state index is 13.4. The molecular formula is C17H17FO2. The molecule has 0 radical (unpaired) electrons. The Morgan fingerprint density at radius 1 is 1.20 bits per heavy atom. The standard InChI is InChI=1S/C17H17FO2/c1-10-7-13(18)8-11(2)16(10)17(19)15-9-12-5-3-4-6-14(12)20-15/h3-8,15,17,19H,9H2,1-2H3. The van der Waals surface area contributed by atoms with Crippen molar-refractivity contribution in [1.29, 1.82) is 0 Å².